The molecule has 0 spiro atoms. The van der Waals surface area contributed by atoms with Crippen molar-refractivity contribution in [1.82, 2.24) is 18.7 Å². The molecule has 2 aromatic carbocycles. The first-order chi connectivity index (χ1) is 14.2. The Morgan fingerprint density at radius 2 is 1.72 bits per heavy atom. The maximum Gasteiger partial charge on any atom is 0.337 e. The highest BCUT2D eigenvalue weighted by molar-refractivity contribution is 5.90. The Labute approximate surface area is 167 Å². The second-order valence-corrected chi connectivity index (χ2v) is 7.35. The van der Waals surface area contributed by atoms with Gasteiger partial charge >= 0.3 is 5.69 Å². The van der Waals surface area contributed by atoms with Crippen molar-refractivity contribution in [3.05, 3.63) is 83.3 Å². The summed E-state index contributed by atoms with van der Waals surface area (Å²) in [5.74, 6) is 0. The second-order valence-electron chi connectivity index (χ2n) is 7.35. The molecule has 3 N–H and O–H groups in total. The van der Waals surface area contributed by atoms with Gasteiger partial charge in [0.15, 0.2) is 0 Å². The van der Waals surface area contributed by atoms with Crippen LogP contribution < -0.4 is 11.4 Å². The van der Waals surface area contributed by atoms with Gasteiger partial charge in [0.25, 0.3) is 0 Å². The van der Waals surface area contributed by atoms with Gasteiger partial charge in [-0.1, -0.05) is 36.4 Å². The number of H-pyrrole nitrogens is 1. The standard InChI is InChI=1S/C23H23N5O/c1-16-14-27(22-15-26(12-6-11-24)20-10-5-3-8-18(20)22)23(29)28(16)21-13-25-19-9-4-2-7-17(19)21/h2-5,7-10,13-15,25H,6,11-12,24H2,1H3. The zero-order chi connectivity index (χ0) is 20.0. The number of imidazole rings is 1. The molecule has 0 fully saturated rings. The monoisotopic (exact) mass is 385 g/mol. The molecular formula is C23H23N5O. The van der Waals surface area contributed by atoms with E-state index in [2.05, 4.69) is 27.9 Å². The molecule has 6 heteroatoms. The average Bonchev–Trinajstić information content (AvgIpc) is 3.40. The molecule has 0 bridgehead atoms. The summed E-state index contributed by atoms with van der Waals surface area (Å²) in [5.41, 5.74) is 10.4. The number of hydrogen-bond donors (Lipinski definition) is 2. The summed E-state index contributed by atoms with van der Waals surface area (Å²) in [5, 5.41) is 2.09. The molecule has 146 valence electrons. The van der Waals surface area contributed by atoms with Crippen molar-refractivity contribution in [3.63, 3.8) is 0 Å². The molecule has 29 heavy (non-hydrogen) atoms. The fraction of sp³-hybridized carbons (Fsp3) is 0.174. The summed E-state index contributed by atoms with van der Waals surface area (Å²) in [4.78, 5) is 16.7. The van der Waals surface area contributed by atoms with E-state index < -0.39 is 0 Å². The largest absolute Gasteiger partial charge is 0.359 e. The Bertz CT molecular complexity index is 1380. The van der Waals surface area contributed by atoms with E-state index in [0.29, 0.717) is 6.54 Å². The zero-order valence-electron chi connectivity index (χ0n) is 16.3. The van der Waals surface area contributed by atoms with Crippen LogP contribution >= 0.6 is 0 Å². The summed E-state index contributed by atoms with van der Waals surface area (Å²) < 4.78 is 5.70. The van der Waals surface area contributed by atoms with E-state index >= 15 is 0 Å². The van der Waals surface area contributed by atoms with E-state index in [4.69, 9.17) is 5.73 Å². The van der Waals surface area contributed by atoms with Crippen molar-refractivity contribution < 1.29 is 0 Å². The molecule has 5 aromatic rings. The average molecular weight is 385 g/mol. The lowest BCUT2D eigenvalue weighted by Crippen LogP contribution is -2.22. The van der Waals surface area contributed by atoms with E-state index in [0.717, 1.165) is 51.8 Å². The third-order valence-corrected chi connectivity index (χ3v) is 5.50. The van der Waals surface area contributed by atoms with Crippen LogP contribution in [0.15, 0.2) is 71.9 Å². The van der Waals surface area contributed by atoms with Gasteiger partial charge in [0.1, 0.15) is 0 Å². The molecule has 0 saturated carbocycles. The first-order valence-electron chi connectivity index (χ1n) is 9.85. The third kappa shape index (κ3) is 2.72. The van der Waals surface area contributed by atoms with Gasteiger partial charge < -0.3 is 15.3 Å². The highest BCUT2D eigenvalue weighted by Crippen LogP contribution is 2.26. The van der Waals surface area contributed by atoms with E-state index in [-0.39, 0.29) is 5.69 Å². The number of fused-ring (bicyclic) bond motifs is 2. The van der Waals surface area contributed by atoms with Gasteiger partial charge in [0.2, 0.25) is 0 Å². The number of hydrogen-bond acceptors (Lipinski definition) is 2. The molecule has 0 saturated heterocycles. The lowest BCUT2D eigenvalue weighted by molar-refractivity contribution is 0.669. The maximum absolute atomic E-state index is 13.5. The van der Waals surface area contributed by atoms with E-state index in [1.54, 1.807) is 9.13 Å². The molecule has 0 aliphatic carbocycles. The van der Waals surface area contributed by atoms with Crippen LogP contribution in [0.1, 0.15) is 12.1 Å². The maximum atomic E-state index is 13.5. The fourth-order valence-electron chi connectivity index (χ4n) is 4.13. The number of nitrogens with zero attached hydrogens (tertiary/aromatic N) is 3. The predicted octanol–water partition coefficient (Wildman–Crippen LogP) is 3.72. The molecule has 3 heterocycles. The van der Waals surface area contributed by atoms with Crippen LogP contribution in [0.4, 0.5) is 0 Å². The van der Waals surface area contributed by atoms with Crippen molar-refractivity contribution in [1.29, 1.82) is 0 Å². The minimum atomic E-state index is -0.0750. The van der Waals surface area contributed by atoms with Crippen LogP contribution in [0.3, 0.4) is 0 Å². The lowest BCUT2D eigenvalue weighted by atomic mass is 10.2. The minimum absolute atomic E-state index is 0.0750. The van der Waals surface area contributed by atoms with Crippen molar-refractivity contribution in [2.75, 3.05) is 6.54 Å². The van der Waals surface area contributed by atoms with Crippen LogP contribution in [0.25, 0.3) is 33.2 Å². The van der Waals surface area contributed by atoms with Gasteiger partial charge in [0, 0.05) is 47.1 Å². The molecule has 6 nitrogen and oxygen atoms in total. The normalized spacial score (nSPS) is 11.7. The van der Waals surface area contributed by atoms with Crippen LogP contribution in [0.5, 0.6) is 0 Å². The topological polar surface area (TPSA) is 73.7 Å². The predicted molar refractivity (Wildman–Crippen MR) is 117 cm³/mol. The lowest BCUT2D eigenvalue weighted by Gasteiger charge is -2.02. The number of aromatic amines is 1. The van der Waals surface area contributed by atoms with Crippen molar-refractivity contribution >= 4 is 21.8 Å². The Morgan fingerprint density at radius 3 is 2.55 bits per heavy atom. The van der Waals surface area contributed by atoms with Gasteiger partial charge in [-0.25, -0.2) is 4.79 Å². The van der Waals surface area contributed by atoms with E-state index in [1.807, 2.05) is 55.7 Å². The number of aromatic nitrogens is 4. The van der Waals surface area contributed by atoms with Gasteiger partial charge in [-0.3, -0.25) is 9.13 Å². The number of nitrogens with two attached hydrogens (primary N) is 1. The third-order valence-electron chi connectivity index (χ3n) is 5.50. The number of para-hydroxylation sites is 2. The summed E-state index contributed by atoms with van der Waals surface area (Å²) in [7, 11) is 0. The Morgan fingerprint density at radius 1 is 0.966 bits per heavy atom. The Balaban J connectivity index is 1.71. The number of nitrogens with one attached hydrogen (secondary N) is 1. The van der Waals surface area contributed by atoms with Crippen molar-refractivity contribution in [3.8, 4) is 11.4 Å². The zero-order valence-corrected chi connectivity index (χ0v) is 16.3. The molecule has 0 atom stereocenters. The Kier molecular flexibility index (Phi) is 4.14. The van der Waals surface area contributed by atoms with Crippen molar-refractivity contribution in [2.24, 2.45) is 5.73 Å². The van der Waals surface area contributed by atoms with Crippen LogP contribution in [0.2, 0.25) is 0 Å². The minimum Gasteiger partial charge on any atom is -0.359 e. The van der Waals surface area contributed by atoms with E-state index in [1.165, 1.54) is 0 Å². The molecule has 3 aromatic heterocycles. The number of rotatable bonds is 5. The molecular weight excluding hydrogens is 362 g/mol. The summed E-state index contributed by atoms with van der Waals surface area (Å²) in [6.07, 6.45) is 6.76. The molecule has 5 rings (SSSR count). The summed E-state index contributed by atoms with van der Waals surface area (Å²) >= 11 is 0. The van der Waals surface area contributed by atoms with Gasteiger partial charge in [0.05, 0.1) is 16.9 Å². The fourth-order valence-corrected chi connectivity index (χ4v) is 4.13. The molecule has 0 radical (unpaired) electrons. The van der Waals surface area contributed by atoms with Gasteiger partial charge in [-0.15, -0.1) is 0 Å². The summed E-state index contributed by atoms with van der Waals surface area (Å²) in [6.45, 7) is 3.43. The van der Waals surface area contributed by atoms with Gasteiger partial charge in [-0.05, 0) is 32.0 Å². The quantitative estimate of drug-likeness (QED) is 0.484. The second kappa shape index (κ2) is 6.83. The smallest absolute Gasteiger partial charge is 0.337 e. The van der Waals surface area contributed by atoms with E-state index in [9.17, 15) is 4.79 Å². The van der Waals surface area contributed by atoms with Crippen LogP contribution in [-0.4, -0.2) is 25.2 Å². The Hall–Kier alpha value is -3.51. The molecule has 0 unspecified atom stereocenters. The molecule has 0 amide bonds. The molecule has 0 aliphatic rings. The van der Waals surface area contributed by atoms with Gasteiger partial charge in [-0.2, -0.15) is 0 Å². The van der Waals surface area contributed by atoms with Crippen LogP contribution in [0, 0.1) is 6.92 Å². The highest BCUT2D eigenvalue weighted by atomic mass is 16.1. The first kappa shape index (κ1) is 17.6. The number of benzene rings is 2. The summed E-state index contributed by atoms with van der Waals surface area (Å²) in [6, 6.07) is 16.2. The van der Waals surface area contributed by atoms with Crippen molar-refractivity contribution in [2.45, 2.75) is 19.9 Å². The highest BCUT2D eigenvalue weighted by Gasteiger charge is 2.17. The molecule has 0 aliphatic heterocycles. The first-order valence-corrected chi connectivity index (χ1v) is 9.85. The van der Waals surface area contributed by atoms with Crippen LogP contribution in [-0.2, 0) is 6.54 Å². The SMILES string of the molecule is Cc1cn(-c2cn(CCCN)c3ccccc23)c(=O)n1-c1c[nH]c2ccccc12. The number of aryl methyl sites for hydroxylation is 2.